The average Bonchev–Trinajstić information content (AvgIpc) is 2.77. The molecule has 0 aliphatic carbocycles. The number of carbonyl (C=O) groups excluding carboxylic acids is 2. The van der Waals surface area contributed by atoms with Gasteiger partial charge in [-0.15, -0.1) is 0 Å². The Bertz CT molecular complexity index is 1200. The SMILES string of the molecule is COc1c(C)cc(C(=O)[C@@H]2CCCN(C(=O)c3cc4ccccc4oc3=O)C2)cc1C. The maximum absolute atomic E-state index is 13.2. The average molecular weight is 419 g/mol. The summed E-state index contributed by atoms with van der Waals surface area (Å²) in [5.74, 6) is 0.0911. The number of likely N-dealkylation sites (tertiary alicyclic amines) is 1. The van der Waals surface area contributed by atoms with Gasteiger partial charge in [0.15, 0.2) is 5.78 Å². The van der Waals surface area contributed by atoms with Crippen molar-refractivity contribution in [3.63, 3.8) is 0 Å². The van der Waals surface area contributed by atoms with E-state index in [0.717, 1.165) is 16.9 Å². The van der Waals surface area contributed by atoms with Gasteiger partial charge in [-0.1, -0.05) is 18.2 Å². The van der Waals surface area contributed by atoms with Crippen molar-refractivity contribution in [3.8, 4) is 5.75 Å². The summed E-state index contributed by atoms with van der Waals surface area (Å²) in [6.45, 7) is 4.63. The minimum absolute atomic E-state index is 0.00272. The van der Waals surface area contributed by atoms with Gasteiger partial charge in [-0.25, -0.2) is 4.79 Å². The van der Waals surface area contributed by atoms with Crippen LogP contribution < -0.4 is 10.4 Å². The molecular formula is C25H25NO5. The maximum Gasteiger partial charge on any atom is 0.349 e. The number of piperidine rings is 1. The molecule has 6 nitrogen and oxygen atoms in total. The van der Waals surface area contributed by atoms with E-state index in [1.54, 1.807) is 36.3 Å². The van der Waals surface area contributed by atoms with E-state index in [2.05, 4.69) is 0 Å². The second kappa shape index (κ2) is 8.38. The summed E-state index contributed by atoms with van der Waals surface area (Å²) in [7, 11) is 1.62. The summed E-state index contributed by atoms with van der Waals surface area (Å²) < 4.78 is 10.7. The molecule has 3 aromatic rings. The Kier molecular flexibility index (Phi) is 5.63. The lowest BCUT2D eigenvalue weighted by Gasteiger charge is -2.32. The molecule has 0 N–H and O–H groups in total. The van der Waals surface area contributed by atoms with Gasteiger partial charge in [0.2, 0.25) is 0 Å². The van der Waals surface area contributed by atoms with Crippen LogP contribution in [0, 0.1) is 19.8 Å². The number of nitrogens with zero attached hydrogens (tertiary/aromatic N) is 1. The van der Waals surface area contributed by atoms with Gasteiger partial charge in [0.25, 0.3) is 5.91 Å². The minimum atomic E-state index is -0.654. The summed E-state index contributed by atoms with van der Waals surface area (Å²) in [5.41, 5.74) is 2.23. The molecule has 1 fully saturated rings. The van der Waals surface area contributed by atoms with E-state index < -0.39 is 5.63 Å². The van der Waals surface area contributed by atoms with E-state index in [9.17, 15) is 14.4 Å². The van der Waals surface area contributed by atoms with Crippen molar-refractivity contribution in [1.29, 1.82) is 0 Å². The van der Waals surface area contributed by atoms with Crippen molar-refractivity contribution in [3.05, 3.63) is 75.1 Å². The molecule has 0 spiro atoms. The first-order valence-corrected chi connectivity index (χ1v) is 10.4. The van der Waals surface area contributed by atoms with Gasteiger partial charge < -0.3 is 14.1 Å². The first-order chi connectivity index (χ1) is 14.9. The van der Waals surface area contributed by atoms with E-state index in [0.29, 0.717) is 35.9 Å². The van der Waals surface area contributed by atoms with Crippen molar-refractivity contribution in [2.24, 2.45) is 5.92 Å². The fraction of sp³-hybridized carbons (Fsp3) is 0.320. The summed E-state index contributed by atoms with van der Waals surface area (Å²) in [4.78, 5) is 40.3. The Morgan fingerprint density at radius 2 is 1.81 bits per heavy atom. The number of fused-ring (bicyclic) bond motifs is 1. The van der Waals surface area contributed by atoms with Gasteiger partial charge in [-0.3, -0.25) is 9.59 Å². The first-order valence-electron chi connectivity index (χ1n) is 10.4. The van der Waals surface area contributed by atoms with Crippen LogP contribution in [0.2, 0.25) is 0 Å². The zero-order valence-electron chi connectivity index (χ0n) is 17.9. The Hall–Kier alpha value is -3.41. The first kappa shape index (κ1) is 20.8. The third-order valence-corrected chi connectivity index (χ3v) is 5.90. The lowest BCUT2D eigenvalue weighted by Crippen LogP contribution is -2.43. The van der Waals surface area contributed by atoms with Gasteiger partial charge in [0.1, 0.15) is 16.9 Å². The number of carbonyl (C=O) groups is 2. The highest BCUT2D eigenvalue weighted by Crippen LogP contribution is 2.28. The van der Waals surface area contributed by atoms with Crippen LogP contribution in [0.3, 0.4) is 0 Å². The second-order valence-corrected chi connectivity index (χ2v) is 8.08. The number of ether oxygens (including phenoxy) is 1. The number of rotatable bonds is 4. The molecule has 31 heavy (non-hydrogen) atoms. The molecule has 1 amide bonds. The molecule has 1 atom stereocenters. The quantitative estimate of drug-likeness (QED) is 0.469. The van der Waals surface area contributed by atoms with Gasteiger partial charge in [0, 0.05) is 30.0 Å². The molecule has 2 aromatic carbocycles. The van der Waals surface area contributed by atoms with Crippen LogP contribution in [0.1, 0.15) is 44.7 Å². The predicted octanol–water partition coefficient (Wildman–Crippen LogP) is 4.15. The Balaban J connectivity index is 1.57. The van der Waals surface area contributed by atoms with Gasteiger partial charge >= 0.3 is 5.63 Å². The smallest absolute Gasteiger partial charge is 0.349 e. The molecule has 6 heteroatoms. The maximum atomic E-state index is 13.2. The molecular weight excluding hydrogens is 394 g/mol. The van der Waals surface area contributed by atoms with Gasteiger partial charge in [0.05, 0.1) is 7.11 Å². The normalized spacial score (nSPS) is 16.4. The van der Waals surface area contributed by atoms with Crippen molar-refractivity contribution in [2.45, 2.75) is 26.7 Å². The van der Waals surface area contributed by atoms with Crippen LogP contribution in [0.15, 0.2) is 51.7 Å². The molecule has 0 saturated carbocycles. The van der Waals surface area contributed by atoms with Crippen LogP contribution in [-0.2, 0) is 0 Å². The number of benzene rings is 2. The van der Waals surface area contributed by atoms with E-state index in [4.69, 9.17) is 9.15 Å². The van der Waals surface area contributed by atoms with Gasteiger partial charge in [-0.2, -0.15) is 0 Å². The lowest BCUT2D eigenvalue weighted by atomic mass is 9.88. The molecule has 0 bridgehead atoms. The largest absolute Gasteiger partial charge is 0.496 e. The number of aryl methyl sites for hydroxylation is 2. The molecule has 0 unspecified atom stereocenters. The summed E-state index contributed by atoms with van der Waals surface area (Å²) in [6, 6.07) is 12.3. The van der Waals surface area contributed by atoms with Crippen LogP contribution >= 0.6 is 0 Å². The third-order valence-electron chi connectivity index (χ3n) is 5.90. The fourth-order valence-electron chi connectivity index (χ4n) is 4.41. The minimum Gasteiger partial charge on any atom is -0.496 e. The zero-order chi connectivity index (χ0) is 22.1. The third kappa shape index (κ3) is 3.98. The predicted molar refractivity (Wildman–Crippen MR) is 118 cm³/mol. The highest BCUT2D eigenvalue weighted by Gasteiger charge is 2.31. The summed E-state index contributed by atoms with van der Waals surface area (Å²) in [5, 5.41) is 0.694. The standard InChI is InChI=1S/C25H25NO5/c1-15-11-19(12-16(2)23(15)30-3)22(27)18-8-6-10-26(14-18)24(28)20-13-17-7-4-5-9-21(17)31-25(20)29/h4-5,7,9,11-13,18H,6,8,10,14H2,1-3H3/t18-/m1/s1. The molecule has 160 valence electrons. The molecule has 1 aliphatic rings. The number of amides is 1. The van der Waals surface area contributed by atoms with Crippen LogP contribution in [-0.4, -0.2) is 36.8 Å². The Morgan fingerprint density at radius 3 is 2.52 bits per heavy atom. The molecule has 2 heterocycles. The molecule has 1 aliphatic heterocycles. The highest BCUT2D eigenvalue weighted by atomic mass is 16.5. The number of methoxy groups -OCH3 is 1. The van der Waals surface area contributed by atoms with Crippen LogP contribution in [0.4, 0.5) is 0 Å². The highest BCUT2D eigenvalue weighted by molar-refractivity contribution is 6.00. The van der Waals surface area contributed by atoms with E-state index in [-0.39, 0.29) is 29.7 Å². The number of hydrogen-bond acceptors (Lipinski definition) is 5. The summed E-state index contributed by atoms with van der Waals surface area (Å²) in [6.07, 6.45) is 1.41. The zero-order valence-corrected chi connectivity index (χ0v) is 17.9. The Labute approximate surface area is 180 Å². The van der Waals surface area contributed by atoms with E-state index in [1.165, 1.54) is 0 Å². The molecule has 1 saturated heterocycles. The number of Topliss-reactive ketones (excluding diaryl/α,β-unsaturated/α-hetero) is 1. The lowest BCUT2D eigenvalue weighted by molar-refractivity contribution is 0.0633. The van der Waals surface area contributed by atoms with Gasteiger partial charge in [-0.05, 0) is 62.1 Å². The van der Waals surface area contributed by atoms with Crippen molar-refractivity contribution < 1.29 is 18.7 Å². The number of para-hydroxylation sites is 1. The monoisotopic (exact) mass is 419 g/mol. The van der Waals surface area contributed by atoms with Crippen molar-refractivity contribution >= 4 is 22.7 Å². The molecule has 1 aromatic heterocycles. The van der Waals surface area contributed by atoms with E-state index >= 15 is 0 Å². The van der Waals surface area contributed by atoms with Crippen molar-refractivity contribution in [1.82, 2.24) is 4.90 Å². The van der Waals surface area contributed by atoms with Crippen LogP contribution in [0.25, 0.3) is 11.0 Å². The fourth-order valence-corrected chi connectivity index (χ4v) is 4.41. The van der Waals surface area contributed by atoms with E-state index in [1.807, 2.05) is 32.0 Å². The number of hydrogen-bond donors (Lipinski definition) is 0. The topological polar surface area (TPSA) is 76.8 Å². The van der Waals surface area contributed by atoms with Crippen LogP contribution in [0.5, 0.6) is 5.75 Å². The Morgan fingerprint density at radius 1 is 1.10 bits per heavy atom. The molecule has 0 radical (unpaired) electrons. The second-order valence-electron chi connectivity index (χ2n) is 8.08. The van der Waals surface area contributed by atoms with Crippen molar-refractivity contribution in [2.75, 3.05) is 20.2 Å². The molecule has 4 rings (SSSR count). The summed E-state index contributed by atoms with van der Waals surface area (Å²) >= 11 is 0. The number of ketones is 1.